The quantitative estimate of drug-likeness (QED) is 0.448. The second-order valence-corrected chi connectivity index (χ2v) is 7.26. The second kappa shape index (κ2) is 8.55. The summed E-state index contributed by atoms with van der Waals surface area (Å²) < 4.78 is 5.55. The number of para-hydroxylation sites is 2. The van der Waals surface area contributed by atoms with Crippen molar-refractivity contribution in [3.63, 3.8) is 0 Å². The summed E-state index contributed by atoms with van der Waals surface area (Å²) in [6, 6.07) is 21.8. The van der Waals surface area contributed by atoms with Crippen LogP contribution in [0.3, 0.4) is 0 Å². The number of carbonyl (C=O) groups excluding carboxylic acids is 1. The molecule has 1 atom stereocenters. The molecule has 2 N–H and O–H groups in total. The number of hydrogen-bond acceptors (Lipinski definition) is 3. The van der Waals surface area contributed by atoms with Gasteiger partial charge >= 0.3 is 0 Å². The summed E-state index contributed by atoms with van der Waals surface area (Å²) in [5, 5.41) is 3.83. The van der Waals surface area contributed by atoms with E-state index < -0.39 is 6.04 Å². The van der Waals surface area contributed by atoms with Crippen LogP contribution >= 0.6 is 23.2 Å². The van der Waals surface area contributed by atoms with Gasteiger partial charge in [-0.2, -0.15) is 0 Å². The van der Waals surface area contributed by atoms with Crippen molar-refractivity contribution < 1.29 is 9.53 Å². The lowest BCUT2D eigenvalue weighted by Crippen LogP contribution is -2.33. The Labute approximate surface area is 177 Å². The van der Waals surface area contributed by atoms with Crippen LogP contribution in [0, 0.1) is 0 Å². The van der Waals surface area contributed by atoms with E-state index in [4.69, 9.17) is 27.9 Å². The van der Waals surface area contributed by atoms with Crippen molar-refractivity contribution in [3.8, 4) is 5.75 Å². The molecular weight excluding hydrogens is 409 g/mol. The van der Waals surface area contributed by atoms with Gasteiger partial charge in [-0.15, -0.1) is 0 Å². The number of hydrogen-bond donors (Lipinski definition) is 2. The number of fused-ring (bicyclic) bond motifs is 1. The molecule has 0 radical (unpaired) electrons. The molecule has 0 saturated heterocycles. The van der Waals surface area contributed by atoms with E-state index in [1.807, 2.05) is 54.6 Å². The smallest absolute Gasteiger partial charge is 0.258 e. The zero-order valence-corrected chi connectivity index (χ0v) is 16.7. The lowest BCUT2D eigenvalue weighted by atomic mass is 10.1. The maximum absolute atomic E-state index is 12.6. The molecule has 0 aliphatic carbocycles. The average Bonchev–Trinajstić information content (AvgIpc) is 3.16. The van der Waals surface area contributed by atoms with Crippen molar-refractivity contribution in [1.29, 1.82) is 0 Å². The predicted octanol–water partition coefficient (Wildman–Crippen LogP) is 5.15. The summed E-state index contributed by atoms with van der Waals surface area (Å²) in [7, 11) is 0. The topological polar surface area (TPSA) is 67.0 Å². The van der Waals surface area contributed by atoms with Crippen LogP contribution in [-0.4, -0.2) is 22.5 Å². The second-order valence-electron chi connectivity index (χ2n) is 6.41. The molecule has 146 valence electrons. The SMILES string of the molecule is O=C(COc1ccc(Cl)cc1Cl)NC(c1ccccc1)c1nc2ccccc2[nH]1. The van der Waals surface area contributed by atoms with Gasteiger partial charge in [-0.05, 0) is 35.9 Å². The number of imidazole rings is 1. The van der Waals surface area contributed by atoms with E-state index in [9.17, 15) is 4.79 Å². The summed E-state index contributed by atoms with van der Waals surface area (Å²) >= 11 is 12.0. The fourth-order valence-corrected chi connectivity index (χ4v) is 3.47. The van der Waals surface area contributed by atoms with Gasteiger partial charge in [-0.3, -0.25) is 4.79 Å². The van der Waals surface area contributed by atoms with Crippen LogP contribution in [0.2, 0.25) is 10.0 Å². The zero-order valence-electron chi connectivity index (χ0n) is 15.2. The molecule has 0 bridgehead atoms. The van der Waals surface area contributed by atoms with Crippen LogP contribution < -0.4 is 10.1 Å². The Morgan fingerprint density at radius 1 is 1.03 bits per heavy atom. The normalized spacial score (nSPS) is 11.9. The van der Waals surface area contributed by atoms with Gasteiger partial charge in [0.2, 0.25) is 0 Å². The third kappa shape index (κ3) is 4.53. The highest BCUT2D eigenvalue weighted by Gasteiger charge is 2.21. The predicted molar refractivity (Wildman–Crippen MR) is 114 cm³/mol. The first-order chi connectivity index (χ1) is 14.1. The van der Waals surface area contributed by atoms with E-state index >= 15 is 0 Å². The first kappa shape index (κ1) is 19.3. The molecule has 4 aromatic rings. The number of amides is 1. The van der Waals surface area contributed by atoms with Gasteiger partial charge in [-0.25, -0.2) is 4.98 Å². The first-order valence-corrected chi connectivity index (χ1v) is 9.72. The first-order valence-electron chi connectivity index (χ1n) is 8.97. The summed E-state index contributed by atoms with van der Waals surface area (Å²) in [5.74, 6) is 0.742. The van der Waals surface area contributed by atoms with Gasteiger partial charge in [0.05, 0.1) is 16.1 Å². The molecule has 7 heteroatoms. The van der Waals surface area contributed by atoms with Crippen LogP contribution in [0.1, 0.15) is 17.4 Å². The molecule has 0 aliphatic rings. The number of carbonyl (C=O) groups is 1. The number of benzene rings is 3. The minimum absolute atomic E-state index is 0.190. The summed E-state index contributed by atoms with van der Waals surface area (Å²) in [6.45, 7) is -0.190. The molecule has 4 rings (SSSR count). The van der Waals surface area contributed by atoms with Crippen molar-refractivity contribution in [2.24, 2.45) is 0 Å². The number of H-pyrrole nitrogens is 1. The van der Waals surface area contributed by atoms with E-state index in [1.165, 1.54) is 0 Å². The number of nitrogens with zero attached hydrogens (tertiary/aromatic N) is 1. The van der Waals surface area contributed by atoms with Crippen LogP contribution in [0.4, 0.5) is 0 Å². The highest BCUT2D eigenvalue weighted by molar-refractivity contribution is 6.35. The van der Waals surface area contributed by atoms with Crippen molar-refractivity contribution in [2.75, 3.05) is 6.61 Å². The van der Waals surface area contributed by atoms with Crippen LogP contribution in [0.25, 0.3) is 11.0 Å². The number of halogens is 2. The number of aromatic amines is 1. The van der Waals surface area contributed by atoms with Crippen molar-refractivity contribution in [2.45, 2.75) is 6.04 Å². The number of rotatable bonds is 6. The van der Waals surface area contributed by atoms with E-state index in [0.717, 1.165) is 16.6 Å². The monoisotopic (exact) mass is 425 g/mol. The third-order valence-corrected chi connectivity index (χ3v) is 4.90. The number of ether oxygens (including phenoxy) is 1. The lowest BCUT2D eigenvalue weighted by molar-refractivity contribution is -0.123. The molecular formula is C22H17Cl2N3O2. The fraction of sp³-hybridized carbons (Fsp3) is 0.0909. The Morgan fingerprint density at radius 2 is 1.79 bits per heavy atom. The Balaban J connectivity index is 1.54. The van der Waals surface area contributed by atoms with Gasteiger partial charge in [0.25, 0.3) is 5.91 Å². The Bertz CT molecular complexity index is 1110. The highest BCUT2D eigenvalue weighted by Crippen LogP contribution is 2.27. The molecule has 0 aliphatic heterocycles. The van der Waals surface area contributed by atoms with E-state index in [0.29, 0.717) is 21.6 Å². The zero-order chi connectivity index (χ0) is 20.2. The Kier molecular flexibility index (Phi) is 5.69. The Morgan fingerprint density at radius 3 is 2.55 bits per heavy atom. The van der Waals surface area contributed by atoms with Crippen molar-refractivity contribution in [3.05, 3.63) is 94.2 Å². The molecule has 1 unspecified atom stereocenters. The number of nitrogens with one attached hydrogen (secondary N) is 2. The molecule has 1 amide bonds. The van der Waals surface area contributed by atoms with E-state index in [2.05, 4.69) is 15.3 Å². The number of aromatic nitrogens is 2. The van der Waals surface area contributed by atoms with E-state index in [-0.39, 0.29) is 12.5 Å². The largest absolute Gasteiger partial charge is 0.482 e. The van der Waals surface area contributed by atoms with Crippen LogP contribution in [-0.2, 0) is 4.79 Å². The fourth-order valence-electron chi connectivity index (χ4n) is 3.00. The molecule has 0 fully saturated rings. The summed E-state index contributed by atoms with van der Waals surface area (Å²) in [4.78, 5) is 20.5. The highest BCUT2D eigenvalue weighted by atomic mass is 35.5. The van der Waals surface area contributed by atoms with Gasteiger partial charge in [0, 0.05) is 5.02 Å². The minimum atomic E-state index is -0.444. The third-order valence-electron chi connectivity index (χ3n) is 4.37. The summed E-state index contributed by atoms with van der Waals surface area (Å²) in [6.07, 6.45) is 0. The minimum Gasteiger partial charge on any atom is -0.482 e. The molecule has 0 saturated carbocycles. The molecule has 0 spiro atoms. The van der Waals surface area contributed by atoms with Crippen LogP contribution in [0.15, 0.2) is 72.8 Å². The lowest BCUT2D eigenvalue weighted by Gasteiger charge is -2.17. The Hall–Kier alpha value is -3.02. The van der Waals surface area contributed by atoms with E-state index in [1.54, 1.807) is 18.2 Å². The molecule has 3 aromatic carbocycles. The maximum Gasteiger partial charge on any atom is 0.258 e. The van der Waals surface area contributed by atoms with Gasteiger partial charge < -0.3 is 15.0 Å². The van der Waals surface area contributed by atoms with Crippen molar-refractivity contribution >= 4 is 40.1 Å². The maximum atomic E-state index is 12.6. The molecule has 1 heterocycles. The standard InChI is InChI=1S/C22H17Cl2N3O2/c23-15-10-11-19(16(24)12-15)29-13-20(28)27-21(14-6-2-1-3-7-14)22-25-17-8-4-5-9-18(17)26-22/h1-12,21H,13H2,(H,25,26)(H,27,28). The molecule has 1 aromatic heterocycles. The van der Waals surface area contributed by atoms with Gasteiger partial charge in [0.15, 0.2) is 6.61 Å². The van der Waals surface area contributed by atoms with Crippen LogP contribution in [0.5, 0.6) is 5.75 Å². The van der Waals surface area contributed by atoms with Gasteiger partial charge in [0.1, 0.15) is 17.6 Å². The van der Waals surface area contributed by atoms with Crippen molar-refractivity contribution in [1.82, 2.24) is 15.3 Å². The van der Waals surface area contributed by atoms with Gasteiger partial charge in [-0.1, -0.05) is 65.7 Å². The average molecular weight is 426 g/mol. The summed E-state index contributed by atoms with van der Waals surface area (Å²) in [5.41, 5.74) is 2.65. The molecule has 29 heavy (non-hydrogen) atoms. The molecule has 5 nitrogen and oxygen atoms in total.